The molecule has 1 heterocycles. The van der Waals surface area contributed by atoms with Crippen LogP contribution in [-0.2, 0) is 4.79 Å². The van der Waals surface area contributed by atoms with Crippen LogP contribution in [-0.4, -0.2) is 23.4 Å². The van der Waals surface area contributed by atoms with Crippen molar-refractivity contribution < 1.29 is 14.3 Å². The average molecular weight is 511 g/mol. The van der Waals surface area contributed by atoms with E-state index >= 15 is 0 Å². The molecule has 0 N–H and O–H groups in total. The lowest BCUT2D eigenvalue weighted by atomic mass is 10.1. The quantitative estimate of drug-likeness (QED) is 0.291. The summed E-state index contributed by atoms with van der Waals surface area (Å²) in [6, 6.07) is 13.3. The van der Waals surface area contributed by atoms with Gasteiger partial charge in [-0.05, 0) is 72.3 Å². The molecule has 27 heavy (non-hydrogen) atoms. The maximum absolute atomic E-state index is 12.9. The molecule has 3 rings (SSSR count). The summed E-state index contributed by atoms with van der Waals surface area (Å²) in [5.74, 6) is 1.29. The highest BCUT2D eigenvalue weighted by atomic mass is 127. The Morgan fingerprint density at radius 3 is 2.52 bits per heavy atom. The Morgan fingerprint density at radius 1 is 1.15 bits per heavy atom. The van der Waals surface area contributed by atoms with Gasteiger partial charge in [0.2, 0.25) is 0 Å². The fourth-order valence-electron chi connectivity index (χ4n) is 2.64. The minimum absolute atomic E-state index is 0.113. The van der Waals surface area contributed by atoms with Crippen LogP contribution in [0.5, 0.6) is 11.5 Å². The van der Waals surface area contributed by atoms with E-state index in [0.29, 0.717) is 28.2 Å². The zero-order valence-corrected chi connectivity index (χ0v) is 18.7. The Bertz CT molecular complexity index is 900. The summed E-state index contributed by atoms with van der Waals surface area (Å²) in [4.78, 5) is 15.0. The Balaban J connectivity index is 1.95. The number of hydrogen-bond acceptors (Lipinski definition) is 5. The monoisotopic (exact) mass is 511 g/mol. The van der Waals surface area contributed by atoms with Gasteiger partial charge in [-0.25, -0.2) is 0 Å². The van der Waals surface area contributed by atoms with Crippen molar-refractivity contribution in [3.8, 4) is 11.5 Å². The number of thiocarbonyl (C=S) groups is 1. The van der Waals surface area contributed by atoms with Gasteiger partial charge < -0.3 is 9.47 Å². The van der Waals surface area contributed by atoms with Crippen molar-refractivity contribution in [3.05, 3.63) is 56.5 Å². The number of carbonyl (C=O) groups excluding carboxylic acids is 1. The van der Waals surface area contributed by atoms with Crippen molar-refractivity contribution in [2.45, 2.75) is 13.8 Å². The van der Waals surface area contributed by atoms with Crippen molar-refractivity contribution >= 4 is 68.6 Å². The third-order valence-electron chi connectivity index (χ3n) is 3.73. The van der Waals surface area contributed by atoms with E-state index < -0.39 is 0 Å². The maximum Gasteiger partial charge on any atom is 0.270 e. The van der Waals surface area contributed by atoms with E-state index in [1.54, 1.807) is 4.90 Å². The van der Waals surface area contributed by atoms with Crippen LogP contribution in [0, 0.1) is 3.57 Å². The Kier molecular flexibility index (Phi) is 6.78. The molecular formula is C20H18INO3S2. The molecule has 0 radical (unpaired) electrons. The molecular weight excluding hydrogens is 493 g/mol. The molecule has 0 bridgehead atoms. The molecule has 1 aliphatic rings. The maximum atomic E-state index is 12.9. The first-order valence-corrected chi connectivity index (χ1v) is 10.8. The lowest BCUT2D eigenvalue weighted by Gasteiger charge is -2.14. The van der Waals surface area contributed by atoms with Gasteiger partial charge in [-0.1, -0.05) is 42.2 Å². The van der Waals surface area contributed by atoms with Crippen LogP contribution in [0.25, 0.3) is 6.08 Å². The summed E-state index contributed by atoms with van der Waals surface area (Å²) in [5, 5.41) is 0. The normalized spacial score (nSPS) is 15.5. The van der Waals surface area contributed by atoms with Gasteiger partial charge >= 0.3 is 0 Å². The molecule has 0 aliphatic carbocycles. The van der Waals surface area contributed by atoms with Gasteiger partial charge in [0.15, 0.2) is 15.8 Å². The van der Waals surface area contributed by atoms with Crippen LogP contribution < -0.4 is 14.4 Å². The minimum atomic E-state index is -0.113. The summed E-state index contributed by atoms with van der Waals surface area (Å²) in [5.41, 5.74) is 1.65. The second kappa shape index (κ2) is 9.07. The van der Waals surface area contributed by atoms with Gasteiger partial charge in [0.05, 0.1) is 27.4 Å². The highest BCUT2D eigenvalue weighted by Gasteiger charge is 2.33. The number of carbonyl (C=O) groups is 1. The number of thioether (sulfide) groups is 1. The van der Waals surface area contributed by atoms with Gasteiger partial charge in [0.25, 0.3) is 5.91 Å². The highest BCUT2D eigenvalue weighted by Crippen LogP contribution is 2.38. The first-order chi connectivity index (χ1) is 13.0. The predicted molar refractivity (Wildman–Crippen MR) is 124 cm³/mol. The average Bonchev–Trinajstić information content (AvgIpc) is 2.92. The second-order valence-electron chi connectivity index (χ2n) is 5.55. The minimum Gasteiger partial charge on any atom is -0.490 e. The van der Waals surface area contributed by atoms with Gasteiger partial charge in [-0.3, -0.25) is 9.69 Å². The molecule has 0 spiro atoms. The number of amides is 1. The molecule has 0 aromatic heterocycles. The van der Waals surface area contributed by atoms with Crippen LogP contribution >= 0.6 is 46.6 Å². The molecule has 2 aromatic rings. The van der Waals surface area contributed by atoms with Gasteiger partial charge in [-0.2, -0.15) is 0 Å². The Hall–Kier alpha value is -1.58. The summed E-state index contributed by atoms with van der Waals surface area (Å²) < 4.78 is 12.9. The number of nitrogens with zero attached hydrogens (tertiary/aromatic N) is 1. The van der Waals surface area contributed by atoms with Crippen LogP contribution in [0.4, 0.5) is 5.69 Å². The van der Waals surface area contributed by atoms with Crippen LogP contribution in [0.15, 0.2) is 47.4 Å². The zero-order valence-electron chi connectivity index (χ0n) is 14.9. The second-order valence-corrected chi connectivity index (χ2v) is 8.39. The first-order valence-electron chi connectivity index (χ1n) is 8.47. The number of para-hydroxylation sites is 1. The molecule has 140 valence electrons. The molecule has 1 fully saturated rings. The Morgan fingerprint density at radius 2 is 1.85 bits per heavy atom. The van der Waals surface area contributed by atoms with E-state index in [1.165, 1.54) is 11.8 Å². The fraction of sp³-hybridized carbons (Fsp3) is 0.200. The topological polar surface area (TPSA) is 38.8 Å². The lowest BCUT2D eigenvalue weighted by molar-refractivity contribution is -0.113. The fourth-order valence-corrected chi connectivity index (χ4v) is 4.72. The molecule has 1 saturated heterocycles. The molecule has 4 nitrogen and oxygen atoms in total. The van der Waals surface area contributed by atoms with Crippen molar-refractivity contribution in [3.63, 3.8) is 0 Å². The van der Waals surface area contributed by atoms with Gasteiger partial charge in [0.1, 0.15) is 0 Å². The van der Waals surface area contributed by atoms with Gasteiger partial charge in [0, 0.05) is 0 Å². The molecule has 2 aromatic carbocycles. The molecule has 7 heteroatoms. The smallest absolute Gasteiger partial charge is 0.270 e. The number of benzene rings is 2. The first kappa shape index (κ1) is 20.2. The Labute approximate surface area is 182 Å². The molecule has 0 unspecified atom stereocenters. The third-order valence-corrected chi connectivity index (χ3v) is 5.83. The van der Waals surface area contributed by atoms with E-state index in [2.05, 4.69) is 22.6 Å². The number of anilines is 1. The number of hydrogen-bond donors (Lipinski definition) is 0. The van der Waals surface area contributed by atoms with E-state index in [4.69, 9.17) is 21.7 Å². The summed E-state index contributed by atoms with van der Waals surface area (Å²) >= 11 is 8.95. The number of ether oxygens (including phenoxy) is 2. The van der Waals surface area contributed by atoms with Crippen molar-refractivity contribution in [1.29, 1.82) is 0 Å². The third kappa shape index (κ3) is 4.47. The van der Waals surface area contributed by atoms with E-state index in [9.17, 15) is 4.79 Å². The number of halogens is 1. The SMILES string of the molecule is CCOc1cc(/C=C2/SC(=S)N(c3ccccc3)C2=O)cc(I)c1OCC. The van der Waals surface area contributed by atoms with E-state index in [-0.39, 0.29) is 5.91 Å². The van der Waals surface area contributed by atoms with E-state index in [0.717, 1.165) is 20.6 Å². The molecule has 0 atom stereocenters. The zero-order chi connectivity index (χ0) is 19.4. The predicted octanol–water partition coefficient (Wildman–Crippen LogP) is 5.49. The van der Waals surface area contributed by atoms with Gasteiger partial charge in [-0.15, -0.1) is 0 Å². The van der Waals surface area contributed by atoms with Crippen LogP contribution in [0.2, 0.25) is 0 Å². The number of rotatable bonds is 6. The largest absolute Gasteiger partial charge is 0.490 e. The van der Waals surface area contributed by atoms with Crippen LogP contribution in [0.3, 0.4) is 0 Å². The standard InChI is InChI=1S/C20H18INO3S2/c1-3-24-16-11-13(10-15(21)18(16)25-4-2)12-17-19(23)22(20(26)27-17)14-8-6-5-7-9-14/h5-12H,3-4H2,1-2H3/b17-12+. The van der Waals surface area contributed by atoms with E-state index in [1.807, 2.05) is 62.4 Å². The summed E-state index contributed by atoms with van der Waals surface area (Å²) in [6.45, 7) is 4.97. The van der Waals surface area contributed by atoms with Crippen molar-refractivity contribution in [2.75, 3.05) is 18.1 Å². The summed E-state index contributed by atoms with van der Waals surface area (Å²) in [6.07, 6.45) is 1.85. The lowest BCUT2D eigenvalue weighted by Crippen LogP contribution is -2.27. The highest BCUT2D eigenvalue weighted by molar-refractivity contribution is 14.1. The summed E-state index contributed by atoms with van der Waals surface area (Å²) in [7, 11) is 0. The molecule has 1 amide bonds. The van der Waals surface area contributed by atoms with Crippen molar-refractivity contribution in [1.82, 2.24) is 0 Å². The molecule has 0 saturated carbocycles. The van der Waals surface area contributed by atoms with Crippen LogP contribution in [0.1, 0.15) is 19.4 Å². The molecule has 1 aliphatic heterocycles. The van der Waals surface area contributed by atoms with Crippen molar-refractivity contribution in [2.24, 2.45) is 0 Å².